The third-order valence-electron chi connectivity index (χ3n) is 3.79. The van der Waals surface area contributed by atoms with Crippen molar-refractivity contribution >= 4 is 46.5 Å². The van der Waals surface area contributed by atoms with Crippen molar-refractivity contribution < 1.29 is 5.11 Å². The van der Waals surface area contributed by atoms with Crippen molar-refractivity contribution in [2.75, 3.05) is 0 Å². The third kappa shape index (κ3) is 2.42. The molecule has 0 radical (unpaired) electrons. The molecule has 0 bridgehead atoms. The van der Waals surface area contributed by atoms with Crippen molar-refractivity contribution in [3.8, 4) is 0 Å². The highest BCUT2D eigenvalue weighted by atomic mass is 35.5. The van der Waals surface area contributed by atoms with E-state index in [4.69, 9.17) is 35.4 Å². The molecule has 6 heteroatoms. The molecular weight excluding hydrogens is 303 g/mol. The summed E-state index contributed by atoms with van der Waals surface area (Å²) in [5.41, 5.74) is 1.89. The summed E-state index contributed by atoms with van der Waals surface area (Å²) in [5, 5.41) is 10.7. The topological polar surface area (TPSA) is 41.0 Å². The van der Waals surface area contributed by atoms with Gasteiger partial charge in [-0.3, -0.25) is 0 Å². The average molecular weight is 317 g/mol. The lowest BCUT2D eigenvalue weighted by Gasteiger charge is -2.27. The van der Waals surface area contributed by atoms with E-state index in [9.17, 15) is 5.11 Å². The molecular formula is C13H14Cl2N2OS. The quantitative estimate of drug-likeness (QED) is 0.761. The number of aliphatic hydroxyl groups is 1. The summed E-state index contributed by atoms with van der Waals surface area (Å²) in [5.74, 6) is 0. The first-order chi connectivity index (χ1) is 9.06. The molecule has 3 rings (SSSR count). The number of hydrogen-bond donors (Lipinski definition) is 2. The zero-order valence-corrected chi connectivity index (χ0v) is 12.5. The molecule has 1 aliphatic rings. The van der Waals surface area contributed by atoms with E-state index in [1.807, 2.05) is 12.1 Å². The molecule has 3 nitrogen and oxygen atoms in total. The molecule has 102 valence electrons. The monoisotopic (exact) mass is 316 g/mol. The van der Waals surface area contributed by atoms with E-state index in [0.717, 1.165) is 36.7 Å². The van der Waals surface area contributed by atoms with E-state index < -0.39 is 0 Å². The van der Waals surface area contributed by atoms with Crippen LogP contribution >= 0.6 is 35.4 Å². The van der Waals surface area contributed by atoms with Gasteiger partial charge in [-0.2, -0.15) is 0 Å². The average Bonchev–Trinajstić information content (AvgIpc) is 2.67. The predicted octanol–water partition coefficient (Wildman–Crippen LogP) is 4.48. The molecule has 1 heterocycles. The normalized spacial score (nSPS) is 23.9. The van der Waals surface area contributed by atoms with E-state index in [2.05, 4.69) is 9.55 Å². The Morgan fingerprint density at radius 2 is 1.79 bits per heavy atom. The predicted molar refractivity (Wildman–Crippen MR) is 80.7 cm³/mol. The van der Waals surface area contributed by atoms with Crippen molar-refractivity contribution in [2.45, 2.75) is 37.8 Å². The Labute approximate surface area is 126 Å². The molecule has 0 aliphatic heterocycles. The molecule has 0 saturated heterocycles. The number of halogens is 2. The number of fused-ring (bicyclic) bond motifs is 1. The number of hydrogen-bond acceptors (Lipinski definition) is 2. The van der Waals surface area contributed by atoms with Gasteiger partial charge >= 0.3 is 0 Å². The van der Waals surface area contributed by atoms with Gasteiger partial charge in [0.25, 0.3) is 0 Å². The highest BCUT2D eigenvalue weighted by Gasteiger charge is 2.23. The second kappa shape index (κ2) is 5.09. The Balaban J connectivity index is 2.10. The number of nitrogens with one attached hydrogen (secondary N) is 1. The molecule has 1 saturated carbocycles. The summed E-state index contributed by atoms with van der Waals surface area (Å²) < 4.78 is 2.80. The van der Waals surface area contributed by atoms with Crippen LogP contribution in [0, 0.1) is 4.77 Å². The fraction of sp³-hybridized carbons (Fsp3) is 0.462. The molecule has 0 spiro atoms. The summed E-state index contributed by atoms with van der Waals surface area (Å²) in [7, 11) is 0. The summed E-state index contributed by atoms with van der Waals surface area (Å²) in [6.45, 7) is 0. The Hall–Kier alpha value is -0.550. The van der Waals surface area contributed by atoms with Crippen LogP contribution in [0.15, 0.2) is 12.1 Å². The number of rotatable bonds is 1. The molecule has 0 unspecified atom stereocenters. The van der Waals surface area contributed by atoms with E-state index in [1.54, 1.807) is 0 Å². The minimum Gasteiger partial charge on any atom is -0.393 e. The van der Waals surface area contributed by atoms with Gasteiger partial charge in [-0.15, -0.1) is 0 Å². The molecule has 2 N–H and O–H groups in total. The Bertz CT molecular complexity index is 671. The third-order valence-corrected chi connectivity index (χ3v) is 4.81. The Morgan fingerprint density at radius 1 is 1.16 bits per heavy atom. The number of aromatic amines is 1. The first-order valence-corrected chi connectivity index (χ1v) is 7.50. The van der Waals surface area contributed by atoms with Crippen LogP contribution in [-0.2, 0) is 0 Å². The van der Waals surface area contributed by atoms with Crippen molar-refractivity contribution in [2.24, 2.45) is 0 Å². The molecule has 2 aromatic rings. The number of imidazole rings is 1. The highest BCUT2D eigenvalue weighted by molar-refractivity contribution is 7.71. The molecule has 1 aromatic heterocycles. The van der Waals surface area contributed by atoms with Crippen LogP contribution in [0.2, 0.25) is 10.0 Å². The van der Waals surface area contributed by atoms with Crippen molar-refractivity contribution in [1.82, 2.24) is 9.55 Å². The number of nitrogens with zero attached hydrogens (tertiary/aromatic N) is 1. The van der Waals surface area contributed by atoms with E-state index in [0.29, 0.717) is 20.9 Å². The summed E-state index contributed by atoms with van der Waals surface area (Å²) in [6, 6.07) is 3.99. The van der Waals surface area contributed by atoms with Crippen LogP contribution in [0.4, 0.5) is 0 Å². The van der Waals surface area contributed by atoms with Crippen molar-refractivity contribution in [3.63, 3.8) is 0 Å². The van der Waals surface area contributed by atoms with Gasteiger partial charge < -0.3 is 14.7 Å². The van der Waals surface area contributed by atoms with Gasteiger partial charge in [-0.05, 0) is 50.0 Å². The van der Waals surface area contributed by atoms with Gasteiger partial charge in [0.15, 0.2) is 4.77 Å². The van der Waals surface area contributed by atoms with Crippen molar-refractivity contribution in [1.29, 1.82) is 0 Å². The maximum absolute atomic E-state index is 9.61. The summed E-state index contributed by atoms with van der Waals surface area (Å²) >= 11 is 17.5. The van der Waals surface area contributed by atoms with Crippen LogP contribution < -0.4 is 0 Å². The maximum atomic E-state index is 9.61. The van der Waals surface area contributed by atoms with E-state index in [1.165, 1.54) is 0 Å². The lowest BCUT2D eigenvalue weighted by molar-refractivity contribution is 0.111. The standard InChI is InChI=1S/C13H14Cl2N2OS/c14-9-5-11-12(6-10(9)15)17(13(19)16-11)7-1-3-8(18)4-2-7/h5-8,18H,1-4H2,(H,16,19). The fourth-order valence-corrected chi connectivity index (χ4v) is 3.48. The molecule has 1 aromatic carbocycles. The van der Waals surface area contributed by atoms with Crippen LogP contribution in [0.1, 0.15) is 31.7 Å². The minimum atomic E-state index is -0.173. The molecule has 1 fully saturated rings. The van der Waals surface area contributed by atoms with Crippen molar-refractivity contribution in [3.05, 3.63) is 26.9 Å². The summed E-state index contributed by atoms with van der Waals surface area (Å²) in [4.78, 5) is 3.18. The maximum Gasteiger partial charge on any atom is 0.178 e. The second-order valence-electron chi connectivity index (χ2n) is 5.05. The summed E-state index contributed by atoms with van der Waals surface area (Å²) in [6.07, 6.45) is 3.33. The van der Waals surface area contributed by atoms with Crippen LogP contribution in [0.3, 0.4) is 0 Å². The van der Waals surface area contributed by atoms with Crippen LogP contribution in [-0.4, -0.2) is 20.8 Å². The zero-order chi connectivity index (χ0) is 13.6. The van der Waals surface area contributed by atoms with E-state index in [-0.39, 0.29) is 6.10 Å². The van der Waals surface area contributed by atoms with Crippen LogP contribution in [0.5, 0.6) is 0 Å². The lowest BCUT2D eigenvalue weighted by atomic mass is 9.93. The van der Waals surface area contributed by atoms with Gasteiger partial charge in [0.1, 0.15) is 0 Å². The van der Waals surface area contributed by atoms with E-state index >= 15 is 0 Å². The van der Waals surface area contributed by atoms with Gasteiger partial charge in [-0.25, -0.2) is 0 Å². The fourth-order valence-electron chi connectivity index (χ4n) is 2.80. The van der Waals surface area contributed by atoms with Gasteiger partial charge in [0.05, 0.1) is 27.2 Å². The Morgan fingerprint density at radius 3 is 2.47 bits per heavy atom. The zero-order valence-electron chi connectivity index (χ0n) is 10.2. The van der Waals surface area contributed by atoms with Gasteiger partial charge in [0, 0.05) is 6.04 Å². The number of aromatic nitrogens is 2. The molecule has 1 aliphatic carbocycles. The minimum absolute atomic E-state index is 0.173. The largest absolute Gasteiger partial charge is 0.393 e. The van der Waals surface area contributed by atoms with Gasteiger partial charge in [-0.1, -0.05) is 23.2 Å². The second-order valence-corrected chi connectivity index (χ2v) is 6.25. The molecule has 19 heavy (non-hydrogen) atoms. The Kier molecular flexibility index (Phi) is 3.60. The van der Waals surface area contributed by atoms with Gasteiger partial charge in [0.2, 0.25) is 0 Å². The number of H-pyrrole nitrogens is 1. The first kappa shape index (κ1) is 13.4. The smallest absolute Gasteiger partial charge is 0.178 e. The number of aliphatic hydroxyl groups excluding tert-OH is 1. The number of benzene rings is 1. The first-order valence-electron chi connectivity index (χ1n) is 6.33. The van der Waals surface area contributed by atoms with Crippen LogP contribution in [0.25, 0.3) is 11.0 Å². The highest BCUT2D eigenvalue weighted by Crippen LogP contribution is 2.34. The molecule has 0 atom stereocenters. The lowest BCUT2D eigenvalue weighted by Crippen LogP contribution is -2.21. The SMILES string of the molecule is OC1CCC(n2c(=S)[nH]c3cc(Cl)c(Cl)cc32)CC1. The molecule has 0 amide bonds.